The van der Waals surface area contributed by atoms with E-state index in [1.165, 1.54) is 0 Å². The zero-order valence-corrected chi connectivity index (χ0v) is 16.0. The predicted molar refractivity (Wildman–Crippen MR) is 110 cm³/mol. The van der Waals surface area contributed by atoms with Crippen LogP contribution in [-0.4, -0.2) is 53.4 Å². The Morgan fingerprint density at radius 1 is 1.00 bits per heavy atom. The van der Waals surface area contributed by atoms with Crippen molar-refractivity contribution < 1.29 is 4.79 Å². The van der Waals surface area contributed by atoms with Crippen molar-refractivity contribution in [1.29, 1.82) is 0 Å². The number of pyridine rings is 1. The van der Waals surface area contributed by atoms with Crippen molar-refractivity contribution in [2.75, 3.05) is 32.7 Å². The second-order valence-electron chi connectivity index (χ2n) is 7.11. The van der Waals surface area contributed by atoms with Crippen molar-refractivity contribution >= 4 is 16.8 Å². The van der Waals surface area contributed by atoms with Gasteiger partial charge in [-0.1, -0.05) is 55.5 Å². The number of amides is 1. The number of carbonyl (C=O) groups excluding carboxylic acids is 1. The highest BCUT2D eigenvalue weighted by molar-refractivity contribution is 6.09. The maximum atomic E-state index is 13.3. The fourth-order valence-electron chi connectivity index (χ4n) is 3.84. The summed E-state index contributed by atoms with van der Waals surface area (Å²) in [7, 11) is 0. The van der Waals surface area contributed by atoms with E-state index in [4.69, 9.17) is 4.98 Å². The van der Waals surface area contributed by atoms with Gasteiger partial charge >= 0.3 is 0 Å². The van der Waals surface area contributed by atoms with Crippen LogP contribution in [-0.2, 0) is 0 Å². The molecule has 1 amide bonds. The minimum Gasteiger partial charge on any atom is -0.336 e. The molecule has 4 rings (SSSR count). The van der Waals surface area contributed by atoms with E-state index in [0.29, 0.717) is 0 Å². The number of rotatable bonds is 3. The number of nitrogens with zero attached hydrogens (tertiary/aromatic N) is 3. The maximum absolute atomic E-state index is 13.3. The Bertz CT molecular complexity index is 960. The molecule has 0 saturated carbocycles. The van der Waals surface area contributed by atoms with E-state index in [1.54, 1.807) is 0 Å². The first-order chi connectivity index (χ1) is 13.2. The zero-order valence-electron chi connectivity index (χ0n) is 16.0. The average molecular weight is 359 g/mol. The number of aromatic nitrogens is 1. The van der Waals surface area contributed by atoms with Crippen molar-refractivity contribution in [2.45, 2.75) is 13.8 Å². The van der Waals surface area contributed by atoms with Gasteiger partial charge in [0.15, 0.2) is 0 Å². The summed E-state index contributed by atoms with van der Waals surface area (Å²) in [5, 5.41) is 0.935. The van der Waals surface area contributed by atoms with Gasteiger partial charge < -0.3 is 9.80 Å². The lowest BCUT2D eigenvalue weighted by atomic mass is 9.98. The molecule has 4 heteroatoms. The molecule has 0 N–H and O–H groups in total. The van der Waals surface area contributed by atoms with Gasteiger partial charge in [0.05, 0.1) is 11.1 Å². The second-order valence-corrected chi connectivity index (χ2v) is 7.11. The molecule has 1 aliphatic rings. The van der Waals surface area contributed by atoms with Crippen molar-refractivity contribution in [3.8, 4) is 11.1 Å². The van der Waals surface area contributed by atoms with Crippen molar-refractivity contribution in [1.82, 2.24) is 14.8 Å². The van der Waals surface area contributed by atoms with E-state index in [2.05, 4.69) is 30.0 Å². The predicted octanol–water partition coefficient (Wildman–Crippen LogP) is 3.99. The number of likely N-dealkylation sites (N-methyl/N-ethyl adjacent to an activating group) is 1. The molecular formula is C23H25N3O. The molecule has 2 heterocycles. The molecule has 1 saturated heterocycles. The summed E-state index contributed by atoms with van der Waals surface area (Å²) < 4.78 is 0. The molecule has 138 valence electrons. The molecule has 3 aromatic rings. The van der Waals surface area contributed by atoms with Crippen LogP contribution in [0.5, 0.6) is 0 Å². The van der Waals surface area contributed by atoms with E-state index < -0.39 is 0 Å². The summed E-state index contributed by atoms with van der Waals surface area (Å²) in [6, 6.07) is 18.3. The zero-order chi connectivity index (χ0) is 18.8. The van der Waals surface area contributed by atoms with Crippen LogP contribution in [0.3, 0.4) is 0 Å². The summed E-state index contributed by atoms with van der Waals surface area (Å²) >= 11 is 0. The Morgan fingerprint density at radius 2 is 1.74 bits per heavy atom. The van der Waals surface area contributed by atoms with Crippen LogP contribution < -0.4 is 0 Å². The molecule has 2 aromatic carbocycles. The average Bonchev–Trinajstić information content (AvgIpc) is 2.73. The van der Waals surface area contributed by atoms with Gasteiger partial charge in [-0.15, -0.1) is 0 Å². The Labute approximate surface area is 160 Å². The summed E-state index contributed by atoms with van der Waals surface area (Å²) in [5.41, 5.74) is 4.73. The maximum Gasteiger partial charge on any atom is 0.254 e. The van der Waals surface area contributed by atoms with Gasteiger partial charge in [0, 0.05) is 42.8 Å². The SMILES string of the molecule is CCN1CCN(C(=O)c2cc(C)nc3c(-c4ccccc4)cccc23)CC1. The molecule has 0 spiro atoms. The Morgan fingerprint density at radius 3 is 2.44 bits per heavy atom. The fourth-order valence-corrected chi connectivity index (χ4v) is 3.84. The van der Waals surface area contributed by atoms with Crippen LogP contribution in [0.4, 0.5) is 0 Å². The lowest BCUT2D eigenvalue weighted by Crippen LogP contribution is -2.48. The molecule has 0 aliphatic carbocycles. The standard InChI is InChI=1S/C23H25N3O/c1-3-25-12-14-26(15-13-25)23(27)21-16-17(2)24-22-19(10-7-11-20(21)22)18-8-5-4-6-9-18/h4-11,16H,3,12-15H2,1-2H3. The lowest BCUT2D eigenvalue weighted by Gasteiger charge is -2.34. The minimum absolute atomic E-state index is 0.117. The molecule has 1 aliphatic heterocycles. The Hall–Kier alpha value is -2.72. The van der Waals surface area contributed by atoms with Gasteiger partial charge in [0.2, 0.25) is 0 Å². The number of hydrogen-bond acceptors (Lipinski definition) is 3. The molecular weight excluding hydrogens is 334 g/mol. The summed E-state index contributed by atoms with van der Waals surface area (Å²) in [6.45, 7) is 8.63. The normalized spacial score (nSPS) is 15.3. The molecule has 27 heavy (non-hydrogen) atoms. The van der Waals surface area contributed by atoms with Crippen LogP contribution in [0.15, 0.2) is 54.6 Å². The van der Waals surface area contributed by atoms with E-state index in [0.717, 1.165) is 66.0 Å². The molecule has 0 radical (unpaired) electrons. The minimum atomic E-state index is 0.117. The van der Waals surface area contributed by atoms with Gasteiger partial charge in [0.25, 0.3) is 5.91 Å². The van der Waals surface area contributed by atoms with Crippen molar-refractivity contribution in [3.63, 3.8) is 0 Å². The lowest BCUT2D eigenvalue weighted by molar-refractivity contribution is 0.0645. The third kappa shape index (κ3) is 3.45. The van der Waals surface area contributed by atoms with Gasteiger partial charge in [-0.05, 0) is 25.1 Å². The third-order valence-corrected chi connectivity index (χ3v) is 5.39. The first kappa shape index (κ1) is 17.7. The topological polar surface area (TPSA) is 36.4 Å². The highest BCUT2D eigenvalue weighted by atomic mass is 16.2. The molecule has 1 aromatic heterocycles. The summed E-state index contributed by atoms with van der Waals surface area (Å²) in [4.78, 5) is 22.4. The van der Waals surface area contributed by atoms with Crippen LogP contribution in [0.25, 0.3) is 22.0 Å². The monoisotopic (exact) mass is 359 g/mol. The highest BCUT2D eigenvalue weighted by Crippen LogP contribution is 2.30. The second kappa shape index (κ2) is 7.49. The Kier molecular flexibility index (Phi) is 4.90. The Balaban J connectivity index is 1.77. The number of para-hydroxylation sites is 1. The number of benzene rings is 2. The molecule has 1 fully saturated rings. The van der Waals surface area contributed by atoms with E-state index in [-0.39, 0.29) is 5.91 Å². The van der Waals surface area contributed by atoms with Crippen LogP contribution in [0, 0.1) is 6.92 Å². The largest absolute Gasteiger partial charge is 0.336 e. The van der Waals surface area contributed by atoms with Gasteiger partial charge in [-0.2, -0.15) is 0 Å². The number of fused-ring (bicyclic) bond motifs is 1. The van der Waals surface area contributed by atoms with E-state index in [9.17, 15) is 4.79 Å². The van der Waals surface area contributed by atoms with Gasteiger partial charge in [-0.25, -0.2) is 0 Å². The fraction of sp³-hybridized carbons (Fsp3) is 0.304. The quantitative estimate of drug-likeness (QED) is 0.709. The van der Waals surface area contributed by atoms with Gasteiger partial charge in [0.1, 0.15) is 0 Å². The molecule has 4 nitrogen and oxygen atoms in total. The number of hydrogen-bond donors (Lipinski definition) is 0. The van der Waals surface area contributed by atoms with E-state index in [1.807, 2.05) is 48.2 Å². The molecule has 0 atom stereocenters. The number of piperazine rings is 1. The van der Waals surface area contributed by atoms with Crippen LogP contribution in [0.2, 0.25) is 0 Å². The highest BCUT2D eigenvalue weighted by Gasteiger charge is 2.23. The van der Waals surface area contributed by atoms with Crippen LogP contribution >= 0.6 is 0 Å². The smallest absolute Gasteiger partial charge is 0.254 e. The number of carbonyl (C=O) groups is 1. The molecule has 0 unspecified atom stereocenters. The molecule has 0 bridgehead atoms. The first-order valence-electron chi connectivity index (χ1n) is 9.65. The van der Waals surface area contributed by atoms with Crippen molar-refractivity contribution in [3.05, 3.63) is 65.9 Å². The van der Waals surface area contributed by atoms with Gasteiger partial charge in [-0.3, -0.25) is 9.78 Å². The first-order valence-corrected chi connectivity index (χ1v) is 9.65. The van der Waals surface area contributed by atoms with E-state index >= 15 is 0 Å². The van der Waals surface area contributed by atoms with Crippen LogP contribution in [0.1, 0.15) is 23.0 Å². The summed E-state index contributed by atoms with van der Waals surface area (Å²) in [5.74, 6) is 0.117. The van der Waals surface area contributed by atoms with Crippen molar-refractivity contribution in [2.24, 2.45) is 0 Å². The summed E-state index contributed by atoms with van der Waals surface area (Å²) in [6.07, 6.45) is 0. The number of aryl methyl sites for hydroxylation is 1. The third-order valence-electron chi connectivity index (χ3n) is 5.39.